The molecular weight excluding hydrogens is 348 g/mol. The highest BCUT2D eigenvalue weighted by atomic mass is 16.5. The number of anilines is 2. The first-order chi connectivity index (χ1) is 12.9. The van der Waals surface area contributed by atoms with Gasteiger partial charge in [-0.15, -0.1) is 0 Å². The minimum Gasteiger partial charge on any atom is -0.383 e. The number of nitrogens with zero attached hydrogens (tertiary/aromatic N) is 5. The maximum atomic E-state index is 12.7. The lowest BCUT2D eigenvalue weighted by Gasteiger charge is -2.43. The van der Waals surface area contributed by atoms with Crippen LogP contribution in [0.2, 0.25) is 0 Å². The number of aryl methyl sites for hydroxylation is 1. The summed E-state index contributed by atoms with van der Waals surface area (Å²) in [6.45, 7) is 7.04. The third-order valence-corrected chi connectivity index (χ3v) is 5.31. The third kappa shape index (κ3) is 4.66. The van der Waals surface area contributed by atoms with Gasteiger partial charge in [0, 0.05) is 64.7 Å². The Bertz CT molecular complexity index is 644. The Labute approximate surface area is 160 Å². The molecule has 1 amide bonds. The van der Waals surface area contributed by atoms with Gasteiger partial charge in [-0.05, 0) is 19.8 Å². The van der Waals surface area contributed by atoms with Crippen molar-refractivity contribution in [2.24, 2.45) is 0 Å². The number of aliphatic hydroxyl groups is 1. The van der Waals surface area contributed by atoms with Crippen molar-refractivity contribution in [1.29, 1.82) is 0 Å². The summed E-state index contributed by atoms with van der Waals surface area (Å²) in [5.41, 5.74) is 5.30. The summed E-state index contributed by atoms with van der Waals surface area (Å²) in [6.07, 6.45) is 1.32. The molecule has 0 saturated carbocycles. The number of amides is 1. The summed E-state index contributed by atoms with van der Waals surface area (Å²) in [5.74, 6) is 0.941. The number of β-amino-alcohol motifs (C(OH)–C–C–N with tert-alkyl or cyclic N) is 1. The Morgan fingerprint density at radius 3 is 2.67 bits per heavy atom. The van der Waals surface area contributed by atoms with E-state index in [4.69, 9.17) is 10.5 Å². The van der Waals surface area contributed by atoms with Gasteiger partial charge in [0.2, 0.25) is 5.95 Å². The van der Waals surface area contributed by atoms with Gasteiger partial charge in [-0.2, -0.15) is 4.98 Å². The summed E-state index contributed by atoms with van der Waals surface area (Å²) in [7, 11) is 1.62. The fraction of sp³-hybridized carbons (Fsp3) is 0.722. The van der Waals surface area contributed by atoms with Gasteiger partial charge < -0.3 is 25.4 Å². The smallest absolute Gasteiger partial charge is 0.255 e. The highest BCUT2D eigenvalue weighted by Gasteiger charge is 2.43. The normalized spacial score (nSPS) is 24.5. The second kappa shape index (κ2) is 8.37. The predicted molar refractivity (Wildman–Crippen MR) is 102 cm³/mol. The molecule has 27 heavy (non-hydrogen) atoms. The van der Waals surface area contributed by atoms with Gasteiger partial charge in [-0.25, -0.2) is 4.98 Å². The van der Waals surface area contributed by atoms with Crippen molar-refractivity contribution < 1.29 is 14.6 Å². The van der Waals surface area contributed by atoms with E-state index in [0.717, 1.165) is 44.1 Å². The number of rotatable bonds is 6. The molecule has 3 rings (SSSR count). The third-order valence-electron chi connectivity index (χ3n) is 5.31. The van der Waals surface area contributed by atoms with E-state index in [1.807, 2.05) is 13.0 Å². The molecule has 0 bridgehead atoms. The summed E-state index contributed by atoms with van der Waals surface area (Å²) in [5, 5.41) is 11.0. The first-order valence-corrected chi connectivity index (χ1v) is 9.50. The van der Waals surface area contributed by atoms with Crippen molar-refractivity contribution in [2.75, 3.05) is 70.2 Å². The average Bonchev–Trinajstić information content (AvgIpc) is 2.63. The molecule has 3 heterocycles. The van der Waals surface area contributed by atoms with Crippen LogP contribution < -0.4 is 10.6 Å². The van der Waals surface area contributed by atoms with Crippen molar-refractivity contribution in [3.63, 3.8) is 0 Å². The molecule has 2 fully saturated rings. The number of hydrogen-bond acceptors (Lipinski definition) is 8. The number of likely N-dealkylation sites (tertiary alicyclic amines) is 1. The number of hydrogen-bond donors (Lipinski definition) is 2. The number of ether oxygens (including phenoxy) is 1. The Morgan fingerprint density at radius 2 is 2.00 bits per heavy atom. The van der Waals surface area contributed by atoms with E-state index in [2.05, 4.69) is 19.8 Å². The molecule has 0 aromatic carbocycles. The molecule has 1 aromatic heterocycles. The lowest BCUT2D eigenvalue weighted by Crippen LogP contribution is -2.61. The molecule has 9 heteroatoms. The maximum Gasteiger partial charge on any atom is 0.255 e. The molecule has 1 atom stereocenters. The number of aromatic nitrogens is 2. The molecule has 1 aromatic rings. The van der Waals surface area contributed by atoms with Crippen LogP contribution >= 0.6 is 0 Å². The number of carbonyl (C=O) groups excluding carboxylic acids is 1. The number of methoxy groups -OCH3 is 1. The summed E-state index contributed by atoms with van der Waals surface area (Å²) in [4.78, 5) is 27.2. The molecule has 1 unspecified atom stereocenters. The molecule has 2 aliphatic heterocycles. The number of nitrogens with two attached hydrogens (primary N) is 1. The summed E-state index contributed by atoms with van der Waals surface area (Å²) >= 11 is 0. The molecule has 3 N–H and O–H groups in total. The summed E-state index contributed by atoms with van der Waals surface area (Å²) in [6, 6.07) is 1.93. The van der Waals surface area contributed by atoms with Crippen LogP contribution in [-0.4, -0.2) is 95.9 Å². The molecule has 0 radical (unpaired) electrons. The Hall–Kier alpha value is -1.97. The van der Waals surface area contributed by atoms with Crippen LogP contribution in [0.3, 0.4) is 0 Å². The molecule has 2 aliphatic rings. The van der Waals surface area contributed by atoms with Crippen LogP contribution in [0.15, 0.2) is 6.07 Å². The molecular formula is C18H30N6O3. The number of piperidine rings is 1. The van der Waals surface area contributed by atoms with Crippen LogP contribution in [0.4, 0.5) is 11.8 Å². The zero-order valence-corrected chi connectivity index (χ0v) is 16.2. The van der Waals surface area contributed by atoms with Gasteiger partial charge in [0.25, 0.3) is 5.91 Å². The van der Waals surface area contributed by atoms with E-state index < -0.39 is 5.60 Å². The van der Waals surface area contributed by atoms with Crippen LogP contribution in [0, 0.1) is 6.92 Å². The number of nitrogen functional groups attached to an aromatic ring is 1. The van der Waals surface area contributed by atoms with Crippen LogP contribution in [0.25, 0.3) is 0 Å². The highest BCUT2D eigenvalue weighted by Crippen LogP contribution is 2.25. The average molecular weight is 378 g/mol. The van der Waals surface area contributed by atoms with E-state index >= 15 is 0 Å². The van der Waals surface area contributed by atoms with E-state index in [0.29, 0.717) is 32.7 Å². The van der Waals surface area contributed by atoms with Crippen molar-refractivity contribution in [3.8, 4) is 0 Å². The molecule has 150 valence electrons. The SMILES string of the molecule is COCCN1CCCC(O)(CN2CCN(c3cc(C)nc(N)n3)CC2)C1=O. The van der Waals surface area contributed by atoms with Gasteiger partial charge >= 0.3 is 0 Å². The minimum atomic E-state index is -1.30. The Balaban J connectivity index is 1.57. The monoisotopic (exact) mass is 378 g/mol. The van der Waals surface area contributed by atoms with Crippen LogP contribution in [0.5, 0.6) is 0 Å². The van der Waals surface area contributed by atoms with E-state index in [9.17, 15) is 9.90 Å². The van der Waals surface area contributed by atoms with Crippen molar-refractivity contribution >= 4 is 17.7 Å². The van der Waals surface area contributed by atoms with Gasteiger partial charge in [-0.1, -0.05) is 0 Å². The fourth-order valence-corrected chi connectivity index (χ4v) is 3.87. The lowest BCUT2D eigenvalue weighted by molar-refractivity contribution is -0.160. The Morgan fingerprint density at radius 1 is 1.26 bits per heavy atom. The van der Waals surface area contributed by atoms with Crippen LogP contribution in [0.1, 0.15) is 18.5 Å². The van der Waals surface area contributed by atoms with Crippen molar-refractivity contribution in [3.05, 3.63) is 11.8 Å². The van der Waals surface area contributed by atoms with E-state index in [1.54, 1.807) is 12.0 Å². The summed E-state index contributed by atoms with van der Waals surface area (Å²) < 4.78 is 5.07. The largest absolute Gasteiger partial charge is 0.383 e. The van der Waals surface area contributed by atoms with Crippen LogP contribution in [-0.2, 0) is 9.53 Å². The standard InChI is InChI=1S/C18H30N6O3/c1-14-12-15(21-17(19)20-14)23-8-6-22(7-9-23)13-18(26)4-3-5-24(16(18)25)10-11-27-2/h12,26H,3-11,13H2,1-2H3,(H2,19,20,21). The Kier molecular flexibility index (Phi) is 6.13. The van der Waals surface area contributed by atoms with Gasteiger partial charge in [-0.3, -0.25) is 9.69 Å². The highest BCUT2D eigenvalue weighted by molar-refractivity contribution is 5.86. The second-order valence-corrected chi connectivity index (χ2v) is 7.41. The van der Waals surface area contributed by atoms with Crippen molar-refractivity contribution in [2.45, 2.75) is 25.4 Å². The zero-order valence-electron chi connectivity index (χ0n) is 16.2. The quantitative estimate of drug-likeness (QED) is 0.681. The molecule has 2 saturated heterocycles. The fourth-order valence-electron chi connectivity index (χ4n) is 3.87. The first kappa shape index (κ1) is 19.8. The topological polar surface area (TPSA) is 108 Å². The maximum absolute atomic E-state index is 12.7. The van der Waals surface area contributed by atoms with Gasteiger partial charge in [0.15, 0.2) is 5.60 Å². The van der Waals surface area contributed by atoms with E-state index in [-0.39, 0.29) is 11.9 Å². The van der Waals surface area contributed by atoms with Crippen molar-refractivity contribution in [1.82, 2.24) is 19.8 Å². The van der Waals surface area contributed by atoms with Gasteiger partial charge in [0.05, 0.1) is 6.61 Å². The molecule has 0 spiro atoms. The number of piperazine rings is 1. The molecule has 9 nitrogen and oxygen atoms in total. The van der Waals surface area contributed by atoms with E-state index in [1.165, 1.54) is 0 Å². The molecule has 0 aliphatic carbocycles. The van der Waals surface area contributed by atoms with Gasteiger partial charge in [0.1, 0.15) is 5.82 Å². The zero-order chi connectivity index (χ0) is 19.4. The predicted octanol–water partition coefficient (Wildman–Crippen LogP) is -0.511. The first-order valence-electron chi connectivity index (χ1n) is 9.50. The number of carbonyl (C=O) groups is 1. The lowest BCUT2D eigenvalue weighted by atomic mass is 9.91. The second-order valence-electron chi connectivity index (χ2n) is 7.41. The minimum absolute atomic E-state index is 0.174.